The first-order chi connectivity index (χ1) is 11.6. The van der Waals surface area contributed by atoms with Gasteiger partial charge >= 0.3 is 0 Å². The molecule has 1 aliphatic heterocycles. The van der Waals surface area contributed by atoms with E-state index in [-0.39, 0.29) is 30.7 Å². The molecule has 1 aromatic heterocycles. The first-order valence-electron chi connectivity index (χ1n) is 8.28. The van der Waals surface area contributed by atoms with Crippen molar-refractivity contribution in [1.29, 1.82) is 0 Å². The van der Waals surface area contributed by atoms with E-state index in [0.717, 1.165) is 5.82 Å². The van der Waals surface area contributed by atoms with Crippen molar-refractivity contribution in [2.75, 3.05) is 38.6 Å². The molecule has 26 heavy (non-hydrogen) atoms. The molecule has 0 unspecified atom stereocenters. The molecular formula is C19H26Cl2N4O. The van der Waals surface area contributed by atoms with E-state index < -0.39 is 0 Å². The molecule has 0 saturated carbocycles. The van der Waals surface area contributed by atoms with Crippen molar-refractivity contribution in [1.82, 2.24) is 9.88 Å². The van der Waals surface area contributed by atoms with Crippen molar-refractivity contribution in [3.63, 3.8) is 0 Å². The number of benzene rings is 1. The largest absolute Gasteiger partial charge is 0.363 e. The quantitative estimate of drug-likeness (QED) is 0.862. The number of hydrogen-bond donors (Lipinski definition) is 1. The van der Waals surface area contributed by atoms with Crippen LogP contribution in [0.25, 0.3) is 0 Å². The van der Waals surface area contributed by atoms with Crippen LogP contribution < -0.4 is 10.6 Å². The van der Waals surface area contributed by atoms with E-state index in [1.807, 2.05) is 48.2 Å². The third kappa shape index (κ3) is 4.67. The van der Waals surface area contributed by atoms with Crippen molar-refractivity contribution in [3.8, 4) is 0 Å². The Hall–Kier alpha value is -1.82. The summed E-state index contributed by atoms with van der Waals surface area (Å²) in [6.07, 6.45) is 1.69. The Kier molecular flexibility index (Phi) is 8.34. The number of nitrogens with two attached hydrogens (primary N) is 1. The van der Waals surface area contributed by atoms with Gasteiger partial charge in [0.15, 0.2) is 0 Å². The van der Waals surface area contributed by atoms with E-state index in [9.17, 15) is 4.79 Å². The molecule has 1 fully saturated rings. The Morgan fingerprint density at radius 3 is 2.50 bits per heavy atom. The molecule has 142 valence electrons. The predicted molar refractivity (Wildman–Crippen MR) is 111 cm³/mol. The summed E-state index contributed by atoms with van der Waals surface area (Å²) < 4.78 is 0. The van der Waals surface area contributed by atoms with Crippen molar-refractivity contribution in [2.24, 2.45) is 11.7 Å². The monoisotopic (exact) mass is 396 g/mol. The van der Waals surface area contributed by atoms with Crippen LogP contribution in [-0.4, -0.2) is 49.5 Å². The van der Waals surface area contributed by atoms with Gasteiger partial charge in [0.2, 0.25) is 0 Å². The lowest BCUT2D eigenvalue weighted by Crippen LogP contribution is -2.30. The average Bonchev–Trinajstić information content (AvgIpc) is 3.06. The smallest absolute Gasteiger partial charge is 0.254 e. The van der Waals surface area contributed by atoms with Crippen molar-refractivity contribution >= 4 is 36.5 Å². The van der Waals surface area contributed by atoms with Crippen LogP contribution >= 0.6 is 24.8 Å². The zero-order valence-corrected chi connectivity index (χ0v) is 16.7. The molecule has 1 aliphatic rings. The van der Waals surface area contributed by atoms with Crippen LogP contribution in [0.3, 0.4) is 0 Å². The number of amides is 1. The number of halogens is 2. The first-order valence-corrected chi connectivity index (χ1v) is 8.28. The van der Waals surface area contributed by atoms with Crippen molar-refractivity contribution in [3.05, 3.63) is 59.8 Å². The summed E-state index contributed by atoms with van der Waals surface area (Å²) in [6.45, 7) is 2.00. The molecule has 0 aliphatic carbocycles. The number of aromatic nitrogens is 1. The minimum Gasteiger partial charge on any atom is -0.363 e. The molecule has 0 radical (unpaired) electrons. The summed E-state index contributed by atoms with van der Waals surface area (Å²) in [7, 11) is 3.84. The highest BCUT2D eigenvalue weighted by Gasteiger charge is 2.35. The zero-order chi connectivity index (χ0) is 17.1. The van der Waals surface area contributed by atoms with Crippen molar-refractivity contribution in [2.45, 2.75) is 5.92 Å². The van der Waals surface area contributed by atoms with Gasteiger partial charge in [0, 0.05) is 44.9 Å². The van der Waals surface area contributed by atoms with Crippen LogP contribution in [0.2, 0.25) is 0 Å². The molecule has 2 N–H and O–H groups in total. The molecule has 0 spiro atoms. The van der Waals surface area contributed by atoms with Gasteiger partial charge in [0.25, 0.3) is 5.91 Å². The highest BCUT2D eigenvalue weighted by atomic mass is 35.5. The summed E-state index contributed by atoms with van der Waals surface area (Å²) >= 11 is 0. The van der Waals surface area contributed by atoms with Gasteiger partial charge in [-0.25, -0.2) is 4.98 Å². The summed E-state index contributed by atoms with van der Waals surface area (Å²) in [5, 5.41) is 0. The summed E-state index contributed by atoms with van der Waals surface area (Å²) in [5.41, 5.74) is 7.91. The summed E-state index contributed by atoms with van der Waals surface area (Å²) in [5.74, 6) is 1.44. The standard InChI is InChI=1S/C19H24N4O.2ClH/c1-22(2)18-10-15(8-9-21-18)19(24)23-12-16(11-20)17(13-23)14-6-4-3-5-7-14;;/h3-10,16-17H,11-13,20H2,1-2H3;2*1H/t16-,17+;;/m1../s1. The minimum atomic E-state index is 0. The van der Waals surface area contributed by atoms with Crippen LogP contribution in [0.4, 0.5) is 5.82 Å². The van der Waals surface area contributed by atoms with Gasteiger partial charge in [-0.2, -0.15) is 0 Å². The van der Waals surface area contributed by atoms with Gasteiger partial charge in [0.05, 0.1) is 0 Å². The molecule has 3 rings (SSSR count). The van der Waals surface area contributed by atoms with Gasteiger partial charge in [-0.3, -0.25) is 4.79 Å². The number of anilines is 1. The van der Waals surface area contributed by atoms with Crippen LogP contribution in [0.1, 0.15) is 21.8 Å². The lowest BCUT2D eigenvalue weighted by atomic mass is 9.89. The number of hydrogen-bond acceptors (Lipinski definition) is 4. The third-order valence-corrected chi connectivity index (χ3v) is 4.71. The van der Waals surface area contributed by atoms with Crippen LogP contribution in [0.5, 0.6) is 0 Å². The number of nitrogens with zero attached hydrogens (tertiary/aromatic N) is 3. The fourth-order valence-corrected chi connectivity index (χ4v) is 3.33. The van der Waals surface area contributed by atoms with Gasteiger partial charge in [0.1, 0.15) is 5.82 Å². The minimum absolute atomic E-state index is 0. The van der Waals surface area contributed by atoms with E-state index in [4.69, 9.17) is 5.73 Å². The predicted octanol–water partition coefficient (Wildman–Crippen LogP) is 2.81. The van der Waals surface area contributed by atoms with Crippen molar-refractivity contribution < 1.29 is 4.79 Å². The lowest BCUT2D eigenvalue weighted by molar-refractivity contribution is 0.0786. The highest BCUT2D eigenvalue weighted by molar-refractivity contribution is 5.95. The van der Waals surface area contributed by atoms with E-state index >= 15 is 0 Å². The molecular weight excluding hydrogens is 371 g/mol. The number of likely N-dealkylation sites (tertiary alicyclic amines) is 1. The molecule has 1 amide bonds. The Bertz CT molecular complexity index is 712. The van der Waals surface area contributed by atoms with Gasteiger partial charge < -0.3 is 15.5 Å². The second-order valence-corrected chi connectivity index (χ2v) is 6.52. The molecule has 5 nitrogen and oxygen atoms in total. The Labute approximate surface area is 167 Å². The number of pyridine rings is 1. The SMILES string of the molecule is CN(C)c1cc(C(=O)N2C[C@@H](CN)[C@H](c3ccccc3)C2)ccn1.Cl.Cl. The first kappa shape index (κ1) is 22.2. The molecule has 7 heteroatoms. The van der Waals surface area contributed by atoms with Gasteiger partial charge in [-0.15, -0.1) is 24.8 Å². The van der Waals surface area contributed by atoms with E-state index in [1.165, 1.54) is 5.56 Å². The fourth-order valence-electron chi connectivity index (χ4n) is 3.33. The molecule has 2 atom stereocenters. The second-order valence-electron chi connectivity index (χ2n) is 6.52. The lowest BCUT2D eigenvalue weighted by Gasteiger charge is -2.18. The Morgan fingerprint density at radius 1 is 1.19 bits per heavy atom. The van der Waals surface area contributed by atoms with E-state index in [2.05, 4.69) is 17.1 Å². The normalized spacial score (nSPS) is 18.7. The maximum atomic E-state index is 12.9. The molecule has 1 aromatic carbocycles. The zero-order valence-electron chi connectivity index (χ0n) is 15.0. The maximum absolute atomic E-state index is 12.9. The summed E-state index contributed by atoms with van der Waals surface area (Å²) in [6, 6.07) is 14.0. The average molecular weight is 397 g/mol. The van der Waals surface area contributed by atoms with Gasteiger partial charge in [-0.1, -0.05) is 30.3 Å². The highest BCUT2D eigenvalue weighted by Crippen LogP contribution is 2.32. The fraction of sp³-hybridized carbons (Fsp3) is 0.368. The number of carbonyl (C=O) groups is 1. The van der Waals surface area contributed by atoms with Gasteiger partial charge in [-0.05, 0) is 30.2 Å². The molecule has 2 heterocycles. The van der Waals surface area contributed by atoms with Crippen LogP contribution in [0, 0.1) is 5.92 Å². The molecule has 2 aromatic rings. The number of carbonyl (C=O) groups excluding carboxylic acids is 1. The van der Waals surface area contributed by atoms with Crippen LogP contribution in [-0.2, 0) is 0 Å². The Morgan fingerprint density at radius 2 is 1.88 bits per heavy atom. The summed E-state index contributed by atoms with van der Waals surface area (Å²) in [4.78, 5) is 21.0. The molecule has 1 saturated heterocycles. The third-order valence-electron chi connectivity index (χ3n) is 4.71. The Balaban J connectivity index is 0.00000169. The maximum Gasteiger partial charge on any atom is 0.254 e. The topological polar surface area (TPSA) is 62.5 Å². The molecule has 0 bridgehead atoms. The van der Waals surface area contributed by atoms with E-state index in [1.54, 1.807) is 12.3 Å². The second kappa shape index (κ2) is 9.76. The van der Waals surface area contributed by atoms with Crippen LogP contribution in [0.15, 0.2) is 48.7 Å². The van der Waals surface area contributed by atoms with E-state index in [0.29, 0.717) is 37.0 Å². The number of rotatable bonds is 4.